The number of carbonyl (C=O) groups is 1. The maximum Gasteiger partial charge on any atom is 0.277 e. The molecule has 27 heavy (non-hydrogen) atoms. The summed E-state index contributed by atoms with van der Waals surface area (Å²) in [6.45, 7) is 3.13. The van der Waals surface area contributed by atoms with Crippen molar-refractivity contribution in [2.75, 3.05) is 16.8 Å². The third-order valence-corrected chi connectivity index (χ3v) is 4.60. The second-order valence-corrected chi connectivity index (χ2v) is 6.62. The highest BCUT2D eigenvalue weighted by Gasteiger charge is 2.24. The molecule has 136 valence electrons. The van der Waals surface area contributed by atoms with Crippen molar-refractivity contribution in [1.29, 1.82) is 0 Å². The van der Waals surface area contributed by atoms with Gasteiger partial charge >= 0.3 is 0 Å². The van der Waals surface area contributed by atoms with Gasteiger partial charge in [0.25, 0.3) is 5.91 Å². The molecular weight excluding hydrogens is 338 g/mol. The summed E-state index contributed by atoms with van der Waals surface area (Å²) in [6, 6.07) is 13.7. The van der Waals surface area contributed by atoms with Gasteiger partial charge in [0.1, 0.15) is 5.69 Å². The quantitative estimate of drug-likeness (QED) is 0.773. The molecule has 1 N–H and O–H groups in total. The number of fused-ring (bicyclic) bond motifs is 1. The fraction of sp³-hybridized carbons (Fsp3) is 0.238. The molecule has 2 aromatic heterocycles. The van der Waals surface area contributed by atoms with E-state index in [-0.39, 0.29) is 5.91 Å². The molecule has 3 heterocycles. The van der Waals surface area contributed by atoms with Gasteiger partial charge in [-0.05, 0) is 49.1 Å². The highest BCUT2D eigenvalue weighted by atomic mass is 16.2. The van der Waals surface area contributed by atoms with E-state index in [1.165, 1.54) is 5.56 Å². The van der Waals surface area contributed by atoms with Gasteiger partial charge in [-0.25, -0.2) is 9.97 Å². The van der Waals surface area contributed by atoms with Gasteiger partial charge in [-0.3, -0.25) is 9.78 Å². The molecule has 0 saturated carbocycles. The molecule has 0 spiro atoms. The average Bonchev–Trinajstić information content (AvgIpc) is 2.72. The number of amides is 1. The van der Waals surface area contributed by atoms with E-state index in [9.17, 15) is 4.79 Å². The average molecular weight is 359 g/mol. The number of rotatable bonds is 4. The molecule has 6 heteroatoms. The number of aryl methyl sites for hydroxylation is 2. The number of benzene rings is 1. The first kappa shape index (κ1) is 17.1. The largest absolute Gasteiger partial charge is 0.350 e. The summed E-state index contributed by atoms with van der Waals surface area (Å²) in [5, 5.41) is 3.19. The molecule has 1 aromatic carbocycles. The molecule has 1 aliphatic heterocycles. The van der Waals surface area contributed by atoms with E-state index in [4.69, 9.17) is 0 Å². The molecule has 0 aliphatic carbocycles. The number of hydrogen-bond acceptors (Lipinski definition) is 5. The molecular formula is C21H21N5O. The summed E-state index contributed by atoms with van der Waals surface area (Å²) >= 11 is 0. The minimum Gasteiger partial charge on any atom is -0.350 e. The lowest BCUT2D eigenvalue weighted by atomic mass is 10.0. The van der Waals surface area contributed by atoms with E-state index in [0.717, 1.165) is 29.8 Å². The number of carbonyl (C=O) groups excluding carboxylic acids is 1. The molecule has 0 unspecified atom stereocenters. The SMILES string of the molecule is Cc1cc(C(=O)N2CCCc3ccccc32)nc(NCc2cccnc2)n1. The Bertz CT molecular complexity index is 958. The number of nitrogens with one attached hydrogen (secondary N) is 1. The van der Waals surface area contributed by atoms with Gasteiger partial charge in [0, 0.05) is 36.9 Å². The standard InChI is InChI=1S/C21H21N5O/c1-15-12-18(25-21(24-15)23-14-16-6-4-10-22-13-16)20(27)26-11-5-8-17-7-2-3-9-19(17)26/h2-4,6-7,9-10,12-13H,5,8,11,14H2,1H3,(H,23,24,25). The number of nitrogens with zero attached hydrogens (tertiary/aromatic N) is 4. The Kier molecular flexibility index (Phi) is 4.78. The molecule has 1 amide bonds. The van der Waals surface area contributed by atoms with E-state index in [1.54, 1.807) is 18.5 Å². The van der Waals surface area contributed by atoms with Gasteiger partial charge in [0.05, 0.1) is 0 Å². The maximum atomic E-state index is 13.1. The Morgan fingerprint density at radius 2 is 2.07 bits per heavy atom. The van der Waals surface area contributed by atoms with Gasteiger partial charge in [0.15, 0.2) is 0 Å². The second kappa shape index (κ2) is 7.53. The summed E-state index contributed by atoms with van der Waals surface area (Å²) in [5.41, 5.74) is 4.38. The van der Waals surface area contributed by atoms with Crippen molar-refractivity contribution in [3.8, 4) is 0 Å². The van der Waals surface area contributed by atoms with Crippen molar-refractivity contribution in [1.82, 2.24) is 15.0 Å². The Balaban J connectivity index is 1.57. The zero-order valence-corrected chi connectivity index (χ0v) is 15.2. The van der Waals surface area contributed by atoms with E-state index < -0.39 is 0 Å². The topological polar surface area (TPSA) is 71.0 Å². The smallest absolute Gasteiger partial charge is 0.277 e. The number of pyridine rings is 1. The highest BCUT2D eigenvalue weighted by molar-refractivity contribution is 6.05. The van der Waals surface area contributed by atoms with Gasteiger partial charge in [-0.15, -0.1) is 0 Å². The fourth-order valence-corrected chi connectivity index (χ4v) is 3.32. The lowest BCUT2D eigenvalue weighted by molar-refractivity contribution is 0.0980. The van der Waals surface area contributed by atoms with Crippen molar-refractivity contribution in [2.45, 2.75) is 26.3 Å². The van der Waals surface area contributed by atoms with E-state index >= 15 is 0 Å². The van der Waals surface area contributed by atoms with E-state index in [2.05, 4.69) is 26.3 Å². The van der Waals surface area contributed by atoms with Crippen molar-refractivity contribution in [2.24, 2.45) is 0 Å². The first-order valence-corrected chi connectivity index (χ1v) is 9.09. The van der Waals surface area contributed by atoms with Gasteiger partial charge < -0.3 is 10.2 Å². The molecule has 6 nitrogen and oxygen atoms in total. The monoisotopic (exact) mass is 359 g/mol. The van der Waals surface area contributed by atoms with Crippen molar-refractivity contribution in [3.63, 3.8) is 0 Å². The van der Waals surface area contributed by atoms with Gasteiger partial charge in [-0.2, -0.15) is 0 Å². The number of aromatic nitrogens is 3. The zero-order chi connectivity index (χ0) is 18.6. The molecule has 0 saturated heterocycles. The Morgan fingerprint density at radius 3 is 2.93 bits per heavy atom. The van der Waals surface area contributed by atoms with Crippen molar-refractivity contribution >= 4 is 17.5 Å². The molecule has 0 fully saturated rings. The Hall–Kier alpha value is -3.28. The number of para-hydroxylation sites is 1. The minimum absolute atomic E-state index is 0.0860. The van der Waals surface area contributed by atoms with E-state index in [0.29, 0.717) is 24.7 Å². The normalized spacial score (nSPS) is 13.1. The predicted molar refractivity (Wildman–Crippen MR) is 105 cm³/mol. The van der Waals surface area contributed by atoms with Crippen LogP contribution in [-0.4, -0.2) is 27.4 Å². The summed E-state index contributed by atoms with van der Waals surface area (Å²) in [4.78, 5) is 27.9. The molecule has 1 aliphatic rings. The highest BCUT2D eigenvalue weighted by Crippen LogP contribution is 2.28. The Labute approximate surface area is 158 Å². The predicted octanol–water partition coefficient (Wildman–Crippen LogP) is 3.39. The van der Waals surface area contributed by atoms with E-state index in [1.807, 2.05) is 42.2 Å². The maximum absolute atomic E-state index is 13.1. The molecule has 4 rings (SSSR count). The Morgan fingerprint density at radius 1 is 1.19 bits per heavy atom. The fourth-order valence-electron chi connectivity index (χ4n) is 3.32. The summed E-state index contributed by atoms with van der Waals surface area (Å²) in [6.07, 6.45) is 5.49. The van der Waals surface area contributed by atoms with Gasteiger partial charge in [0.2, 0.25) is 5.95 Å². The third-order valence-electron chi connectivity index (χ3n) is 4.60. The van der Waals surface area contributed by atoms with Gasteiger partial charge in [-0.1, -0.05) is 24.3 Å². The van der Waals surface area contributed by atoms with Crippen LogP contribution >= 0.6 is 0 Å². The first-order chi connectivity index (χ1) is 13.2. The number of hydrogen-bond donors (Lipinski definition) is 1. The minimum atomic E-state index is -0.0860. The van der Waals surface area contributed by atoms with Crippen molar-refractivity contribution in [3.05, 3.63) is 77.4 Å². The molecule has 0 radical (unpaired) electrons. The number of anilines is 2. The van der Waals surface area contributed by atoms with Crippen LogP contribution in [0.15, 0.2) is 54.9 Å². The third kappa shape index (κ3) is 3.79. The summed E-state index contributed by atoms with van der Waals surface area (Å²) in [5.74, 6) is 0.365. The van der Waals surface area contributed by atoms with Crippen LogP contribution in [0.3, 0.4) is 0 Å². The summed E-state index contributed by atoms with van der Waals surface area (Å²) in [7, 11) is 0. The molecule has 0 atom stereocenters. The van der Waals surface area contributed by atoms with Crippen LogP contribution in [-0.2, 0) is 13.0 Å². The van der Waals surface area contributed by atoms with Crippen LogP contribution in [0.4, 0.5) is 11.6 Å². The lowest BCUT2D eigenvalue weighted by Crippen LogP contribution is -2.36. The zero-order valence-electron chi connectivity index (χ0n) is 15.2. The molecule has 0 bridgehead atoms. The van der Waals surface area contributed by atoms with Crippen LogP contribution < -0.4 is 10.2 Å². The second-order valence-electron chi connectivity index (χ2n) is 6.62. The van der Waals surface area contributed by atoms with Crippen LogP contribution in [0.2, 0.25) is 0 Å². The van der Waals surface area contributed by atoms with Crippen LogP contribution in [0.1, 0.15) is 33.7 Å². The van der Waals surface area contributed by atoms with Crippen molar-refractivity contribution < 1.29 is 4.79 Å². The van der Waals surface area contributed by atoms with Crippen LogP contribution in [0, 0.1) is 6.92 Å². The first-order valence-electron chi connectivity index (χ1n) is 9.09. The van der Waals surface area contributed by atoms with Crippen LogP contribution in [0.5, 0.6) is 0 Å². The summed E-state index contributed by atoms with van der Waals surface area (Å²) < 4.78 is 0. The molecule has 3 aromatic rings. The van der Waals surface area contributed by atoms with Crippen LogP contribution in [0.25, 0.3) is 0 Å². The lowest BCUT2D eigenvalue weighted by Gasteiger charge is -2.29.